The predicted molar refractivity (Wildman–Crippen MR) is 71.6 cm³/mol. The van der Waals surface area contributed by atoms with Gasteiger partial charge in [0.15, 0.2) is 5.54 Å². The summed E-state index contributed by atoms with van der Waals surface area (Å²) in [5.41, 5.74) is -1.31. The Labute approximate surface area is 121 Å². The third kappa shape index (κ3) is 2.87. The molecule has 0 radical (unpaired) electrons. The molecule has 1 aromatic rings. The van der Waals surface area contributed by atoms with Gasteiger partial charge in [0.05, 0.1) is 19.4 Å². The van der Waals surface area contributed by atoms with E-state index in [4.69, 9.17) is 9.15 Å². The van der Waals surface area contributed by atoms with Crippen LogP contribution in [0.4, 0.5) is 4.79 Å². The van der Waals surface area contributed by atoms with Crippen molar-refractivity contribution >= 4 is 12.0 Å². The van der Waals surface area contributed by atoms with Crippen molar-refractivity contribution in [1.82, 2.24) is 10.2 Å². The van der Waals surface area contributed by atoms with E-state index in [1.807, 2.05) is 0 Å². The first-order valence-corrected chi connectivity index (χ1v) is 7.03. The maximum absolute atomic E-state index is 12.5. The molecule has 1 saturated heterocycles. The lowest BCUT2D eigenvalue weighted by Crippen LogP contribution is -2.58. The average molecular weight is 294 g/mol. The Balaban J connectivity index is 1.70. The van der Waals surface area contributed by atoms with Crippen LogP contribution >= 0.6 is 0 Å². The lowest BCUT2D eigenvalue weighted by molar-refractivity contribution is -0.144. The van der Waals surface area contributed by atoms with Crippen molar-refractivity contribution in [3.63, 3.8) is 0 Å². The zero-order chi connectivity index (χ0) is 14.9. The largest absolute Gasteiger partial charge is 0.479 e. The van der Waals surface area contributed by atoms with E-state index in [0.29, 0.717) is 18.9 Å². The second-order valence-corrected chi connectivity index (χ2v) is 5.56. The molecule has 1 aromatic heterocycles. The van der Waals surface area contributed by atoms with Crippen LogP contribution in [0.5, 0.6) is 0 Å². The average Bonchev–Trinajstić information content (AvgIpc) is 2.97. The molecule has 7 nitrogen and oxygen atoms in total. The summed E-state index contributed by atoms with van der Waals surface area (Å²) < 4.78 is 10.4. The number of carboxylic acids is 1. The Morgan fingerprint density at radius 1 is 1.48 bits per heavy atom. The van der Waals surface area contributed by atoms with E-state index >= 15 is 0 Å². The number of carbonyl (C=O) groups excluding carboxylic acids is 1. The Hall–Kier alpha value is -2.02. The number of nitrogens with one attached hydrogen (secondary N) is 1. The van der Waals surface area contributed by atoms with Gasteiger partial charge in [-0.3, -0.25) is 0 Å². The summed E-state index contributed by atoms with van der Waals surface area (Å²) in [5.74, 6) is -0.369. The van der Waals surface area contributed by atoms with Crippen molar-refractivity contribution in [1.29, 1.82) is 0 Å². The van der Waals surface area contributed by atoms with Gasteiger partial charge < -0.3 is 24.5 Å². The van der Waals surface area contributed by atoms with Crippen LogP contribution in [-0.4, -0.2) is 46.8 Å². The molecule has 1 saturated carbocycles. The number of carbonyl (C=O) groups is 2. The highest BCUT2D eigenvalue weighted by Crippen LogP contribution is 2.29. The molecule has 0 aromatic carbocycles. The second kappa shape index (κ2) is 5.40. The molecule has 2 amide bonds. The van der Waals surface area contributed by atoms with Crippen molar-refractivity contribution in [2.75, 3.05) is 13.2 Å². The molecule has 2 N–H and O–H groups in total. The van der Waals surface area contributed by atoms with Crippen LogP contribution in [0.1, 0.15) is 25.0 Å². The topological polar surface area (TPSA) is 92.0 Å². The first-order valence-electron chi connectivity index (χ1n) is 7.03. The monoisotopic (exact) mass is 294 g/mol. The van der Waals surface area contributed by atoms with Crippen LogP contribution in [-0.2, 0) is 16.1 Å². The highest BCUT2D eigenvalue weighted by molar-refractivity contribution is 5.87. The van der Waals surface area contributed by atoms with E-state index in [-0.39, 0.29) is 25.1 Å². The number of urea groups is 1. The number of furan rings is 1. The van der Waals surface area contributed by atoms with Gasteiger partial charge in [-0.05, 0) is 25.0 Å². The number of rotatable bonds is 5. The molecule has 114 valence electrons. The Bertz CT molecular complexity index is 517. The molecule has 2 fully saturated rings. The Morgan fingerprint density at radius 2 is 2.29 bits per heavy atom. The van der Waals surface area contributed by atoms with Gasteiger partial charge in [-0.15, -0.1) is 0 Å². The first-order chi connectivity index (χ1) is 10.1. The molecule has 3 rings (SSSR count). The van der Waals surface area contributed by atoms with E-state index in [0.717, 1.165) is 12.8 Å². The van der Waals surface area contributed by atoms with Crippen molar-refractivity contribution in [3.05, 3.63) is 24.2 Å². The summed E-state index contributed by atoms with van der Waals surface area (Å²) in [6.45, 7) is 0.696. The normalized spacial score (nSPS) is 24.8. The van der Waals surface area contributed by atoms with Crippen molar-refractivity contribution in [2.24, 2.45) is 0 Å². The van der Waals surface area contributed by atoms with Crippen LogP contribution in [0.15, 0.2) is 22.8 Å². The lowest BCUT2D eigenvalue weighted by atomic mass is 9.99. The molecule has 21 heavy (non-hydrogen) atoms. The van der Waals surface area contributed by atoms with E-state index in [1.54, 1.807) is 23.3 Å². The molecule has 1 unspecified atom stereocenters. The summed E-state index contributed by atoms with van der Waals surface area (Å²) in [4.78, 5) is 25.6. The fraction of sp³-hybridized carbons (Fsp3) is 0.571. The van der Waals surface area contributed by atoms with Gasteiger partial charge in [-0.1, -0.05) is 0 Å². The standard InChI is InChI=1S/C14H18N2O5/c17-12(18)14(5-7-20-9-14)15-13(19)16(10-3-4-10)8-11-2-1-6-21-11/h1-2,6,10H,3-5,7-9H2,(H,15,19)(H,17,18). The van der Waals surface area contributed by atoms with Crippen LogP contribution in [0, 0.1) is 0 Å². The number of nitrogens with zero attached hydrogens (tertiary/aromatic N) is 1. The summed E-state index contributed by atoms with van der Waals surface area (Å²) >= 11 is 0. The first kappa shape index (κ1) is 13.9. The van der Waals surface area contributed by atoms with Gasteiger partial charge in [-0.2, -0.15) is 0 Å². The number of amides is 2. The minimum absolute atomic E-state index is 0.00727. The quantitative estimate of drug-likeness (QED) is 0.851. The summed E-state index contributed by atoms with van der Waals surface area (Å²) in [6.07, 6.45) is 3.71. The summed E-state index contributed by atoms with van der Waals surface area (Å²) in [7, 11) is 0. The van der Waals surface area contributed by atoms with Gasteiger partial charge in [0.25, 0.3) is 0 Å². The van der Waals surface area contributed by atoms with Gasteiger partial charge in [0.1, 0.15) is 5.76 Å². The second-order valence-electron chi connectivity index (χ2n) is 5.56. The molecule has 1 atom stereocenters. The van der Waals surface area contributed by atoms with Crippen LogP contribution in [0.25, 0.3) is 0 Å². The molecule has 7 heteroatoms. The third-order valence-electron chi connectivity index (χ3n) is 3.93. The van der Waals surface area contributed by atoms with Crippen molar-refractivity contribution in [2.45, 2.75) is 37.4 Å². The number of aliphatic carboxylic acids is 1. The molecular formula is C14H18N2O5. The van der Waals surface area contributed by atoms with E-state index in [1.165, 1.54) is 0 Å². The zero-order valence-electron chi connectivity index (χ0n) is 11.6. The molecule has 2 heterocycles. The predicted octanol–water partition coefficient (Wildman–Crippen LogP) is 1.20. The SMILES string of the molecule is O=C(NC1(C(=O)O)CCOC1)N(Cc1ccco1)C1CC1. The summed E-state index contributed by atoms with van der Waals surface area (Å²) in [5, 5.41) is 12.0. The molecular weight excluding hydrogens is 276 g/mol. The highest BCUT2D eigenvalue weighted by atomic mass is 16.5. The fourth-order valence-corrected chi connectivity index (χ4v) is 2.49. The summed E-state index contributed by atoms with van der Waals surface area (Å²) in [6, 6.07) is 3.35. The molecule has 1 aliphatic carbocycles. The van der Waals surface area contributed by atoms with Gasteiger partial charge in [-0.25, -0.2) is 9.59 Å². The minimum atomic E-state index is -1.31. The molecule has 2 aliphatic rings. The Morgan fingerprint density at radius 3 is 2.81 bits per heavy atom. The van der Waals surface area contributed by atoms with Gasteiger partial charge in [0.2, 0.25) is 0 Å². The van der Waals surface area contributed by atoms with Gasteiger partial charge >= 0.3 is 12.0 Å². The Kier molecular flexibility index (Phi) is 3.59. The third-order valence-corrected chi connectivity index (χ3v) is 3.93. The van der Waals surface area contributed by atoms with Crippen LogP contribution in [0.3, 0.4) is 0 Å². The lowest BCUT2D eigenvalue weighted by Gasteiger charge is -2.29. The highest BCUT2D eigenvalue weighted by Gasteiger charge is 2.46. The van der Waals surface area contributed by atoms with Gasteiger partial charge in [0, 0.05) is 19.1 Å². The van der Waals surface area contributed by atoms with E-state index in [2.05, 4.69) is 5.32 Å². The molecule has 0 spiro atoms. The number of ether oxygens (including phenoxy) is 1. The number of carboxylic acid groups (broad SMARTS) is 1. The fourth-order valence-electron chi connectivity index (χ4n) is 2.49. The van der Waals surface area contributed by atoms with E-state index in [9.17, 15) is 14.7 Å². The minimum Gasteiger partial charge on any atom is -0.479 e. The van der Waals surface area contributed by atoms with Crippen LogP contribution < -0.4 is 5.32 Å². The molecule has 0 bridgehead atoms. The van der Waals surface area contributed by atoms with Crippen molar-refractivity contribution in [3.8, 4) is 0 Å². The number of hydrogen-bond donors (Lipinski definition) is 2. The maximum atomic E-state index is 12.5. The molecule has 1 aliphatic heterocycles. The number of hydrogen-bond acceptors (Lipinski definition) is 4. The van der Waals surface area contributed by atoms with Crippen molar-refractivity contribution < 1.29 is 23.8 Å². The zero-order valence-corrected chi connectivity index (χ0v) is 11.6. The van der Waals surface area contributed by atoms with Crippen LogP contribution in [0.2, 0.25) is 0 Å². The van der Waals surface area contributed by atoms with E-state index < -0.39 is 11.5 Å². The maximum Gasteiger partial charge on any atom is 0.332 e. The smallest absolute Gasteiger partial charge is 0.332 e.